The van der Waals surface area contributed by atoms with Gasteiger partial charge in [0.15, 0.2) is 0 Å². The van der Waals surface area contributed by atoms with Crippen LogP contribution in [-0.4, -0.2) is 25.0 Å². The molecular formula is C14H20Cl2N2O. The molecule has 0 fully saturated rings. The molecule has 0 spiro atoms. The van der Waals surface area contributed by atoms with E-state index in [1.165, 1.54) is 0 Å². The van der Waals surface area contributed by atoms with E-state index in [2.05, 4.69) is 24.5 Å². The van der Waals surface area contributed by atoms with Gasteiger partial charge in [-0.2, -0.15) is 0 Å². The third-order valence-electron chi connectivity index (χ3n) is 2.96. The highest BCUT2D eigenvalue weighted by atomic mass is 35.5. The van der Waals surface area contributed by atoms with Gasteiger partial charge in [0.05, 0.1) is 6.54 Å². The second kappa shape index (κ2) is 8.41. The molecule has 0 aliphatic carbocycles. The molecule has 0 bridgehead atoms. The maximum atomic E-state index is 11.6. The largest absolute Gasteiger partial charge is 0.355 e. The van der Waals surface area contributed by atoms with Crippen LogP contribution in [0.4, 0.5) is 0 Å². The Morgan fingerprint density at radius 1 is 1.37 bits per heavy atom. The fourth-order valence-corrected chi connectivity index (χ4v) is 2.04. The van der Waals surface area contributed by atoms with Gasteiger partial charge in [-0.25, -0.2) is 0 Å². The highest BCUT2D eigenvalue weighted by Crippen LogP contribution is 2.20. The molecule has 19 heavy (non-hydrogen) atoms. The standard InChI is InChI=1S/C14H20Cl2N2O/c1-3-10(2)18-9-14(19)17-7-6-11-4-5-12(15)8-13(11)16/h4-5,8,10,18H,3,6-7,9H2,1-2H3,(H,17,19). The summed E-state index contributed by atoms with van der Waals surface area (Å²) in [5.41, 5.74) is 0.987. The van der Waals surface area contributed by atoms with Gasteiger partial charge in [-0.1, -0.05) is 36.2 Å². The van der Waals surface area contributed by atoms with Gasteiger partial charge in [0.1, 0.15) is 0 Å². The lowest BCUT2D eigenvalue weighted by molar-refractivity contribution is -0.120. The highest BCUT2D eigenvalue weighted by molar-refractivity contribution is 6.35. The second-order valence-electron chi connectivity index (χ2n) is 4.53. The van der Waals surface area contributed by atoms with Gasteiger partial charge in [-0.05, 0) is 37.5 Å². The number of amides is 1. The van der Waals surface area contributed by atoms with E-state index >= 15 is 0 Å². The van der Waals surface area contributed by atoms with Gasteiger partial charge >= 0.3 is 0 Å². The molecule has 1 atom stereocenters. The number of halogens is 2. The number of hydrogen-bond donors (Lipinski definition) is 2. The summed E-state index contributed by atoms with van der Waals surface area (Å²) in [5, 5.41) is 7.26. The van der Waals surface area contributed by atoms with Crippen LogP contribution in [0.25, 0.3) is 0 Å². The van der Waals surface area contributed by atoms with Crippen molar-refractivity contribution in [1.82, 2.24) is 10.6 Å². The first-order valence-corrected chi connectivity index (χ1v) is 7.22. The van der Waals surface area contributed by atoms with E-state index in [9.17, 15) is 4.79 Å². The summed E-state index contributed by atoms with van der Waals surface area (Å²) in [5.74, 6) is 0.00499. The molecule has 1 amide bonds. The molecule has 3 nitrogen and oxygen atoms in total. The van der Waals surface area contributed by atoms with Crippen LogP contribution in [0.1, 0.15) is 25.8 Å². The Kier molecular flexibility index (Phi) is 7.21. The molecule has 0 saturated heterocycles. The van der Waals surface area contributed by atoms with Gasteiger partial charge in [-0.3, -0.25) is 4.79 Å². The minimum atomic E-state index is 0.00499. The Hall–Kier alpha value is -0.770. The Balaban J connectivity index is 2.28. The summed E-state index contributed by atoms with van der Waals surface area (Å²) < 4.78 is 0. The molecule has 1 rings (SSSR count). The molecule has 0 saturated carbocycles. The van der Waals surface area contributed by atoms with Crippen molar-refractivity contribution in [3.05, 3.63) is 33.8 Å². The molecule has 5 heteroatoms. The Morgan fingerprint density at radius 3 is 2.74 bits per heavy atom. The zero-order valence-corrected chi connectivity index (χ0v) is 12.8. The second-order valence-corrected chi connectivity index (χ2v) is 5.37. The monoisotopic (exact) mass is 302 g/mol. The van der Waals surface area contributed by atoms with Crippen molar-refractivity contribution in [1.29, 1.82) is 0 Å². The first-order chi connectivity index (χ1) is 9.02. The van der Waals surface area contributed by atoms with Gasteiger partial charge in [0.2, 0.25) is 5.91 Å². The number of carbonyl (C=O) groups is 1. The quantitative estimate of drug-likeness (QED) is 0.813. The maximum absolute atomic E-state index is 11.6. The molecule has 106 valence electrons. The van der Waals surface area contributed by atoms with Crippen molar-refractivity contribution in [2.24, 2.45) is 0 Å². The minimum absolute atomic E-state index is 0.00499. The topological polar surface area (TPSA) is 41.1 Å². The maximum Gasteiger partial charge on any atom is 0.233 e. The number of rotatable bonds is 7. The normalized spacial score (nSPS) is 12.2. The van der Waals surface area contributed by atoms with Crippen molar-refractivity contribution in [2.45, 2.75) is 32.7 Å². The van der Waals surface area contributed by atoms with Gasteiger partial charge in [-0.15, -0.1) is 0 Å². The molecular weight excluding hydrogens is 283 g/mol. The van der Waals surface area contributed by atoms with E-state index in [4.69, 9.17) is 23.2 Å². The average Bonchev–Trinajstić information content (AvgIpc) is 2.38. The van der Waals surface area contributed by atoms with E-state index < -0.39 is 0 Å². The average molecular weight is 303 g/mol. The molecule has 0 aromatic heterocycles. The molecule has 0 aliphatic rings. The fraction of sp³-hybridized carbons (Fsp3) is 0.500. The zero-order valence-electron chi connectivity index (χ0n) is 11.3. The SMILES string of the molecule is CCC(C)NCC(=O)NCCc1ccc(Cl)cc1Cl. The summed E-state index contributed by atoms with van der Waals surface area (Å²) in [7, 11) is 0. The van der Waals surface area contributed by atoms with Gasteiger partial charge in [0.25, 0.3) is 0 Å². The first-order valence-electron chi connectivity index (χ1n) is 6.47. The van der Waals surface area contributed by atoms with Crippen LogP contribution >= 0.6 is 23.2 Å². The molecule has 1 unspecified atom stereocenters. The summed E-state index contributed by atoms with van der Waals surface area (Å²) in [6.07, 6.45) is 1.71. The van der Waals surface area contributed by atoms with Crippen LogP contribution in [0.5, 0.6) is 0 Å². The van der Waals surface area contributed by atoms with Crippen LogP contribution in [-0.2, 0) is 11.2 Å². The van der Waals surface area contributed by atoms with Gasteiger partial charge < -0.3 is 10.6 Å². The van der Waals surface area contributed by atoms with Crippen LogP contribution in [0.2, 0.25) is 10.0 Å². The summed E-state index contributed by atoms with van der Waals surface area (Å²) >= 11 is 11.9. The summed E-state index contributed by atoms with van der Waals surface area (Å²) in [4.78, 5) is 11.6. The fourth-order valence-electron chi connectivity index (χ4n) is 1.53. The lowest BCUT2D eigenvalue weighted by Crippen LogP contribution is -2.38. The van der Waals surface area contributed by atoms with Gasteiger partial charge in [0, 0.05) is 22.6 Å². The Bertz CT molecular complexity index is 424. The van der Waals surface area contributed by atoms with Crippen LogP contribution < -0.4 is 10.6 Å². The predicted molar refractivity (Wildman–Crippen MR) is 80.9 cm³/mol. The summed E-state index contributed by atoms with van der Waals surface area (Å²) in [6.45, 7) is 5.06. The third kappa shape index (κ3) is 6.28. The van der Waals surface area contributed by atoms with E-state index in [-0.39, 0.29) is 5.91 Å². The van der Waals surface area contributed by atoms with Crippen molar-refractivity contribution < 1.29 is 4.79 Å². The van der Waals surface area contributed by atoms with Crippen LogP contribution in [0, 0.1) is 0 Å². The molecule has 0 radical (unpaired) electrons. The Morgan fingerprint density at radius 2 is 2.11 bits per heavy atom. The van der Waals surface area contributed by atoms with Crippen LogP contribution in [0.3, 0.4) is 0 Å². The number of carbonyl (C=O) groups excluding carboxylic acids is 1. The molecule has 1 aromatic rings. The van der Waals surface area contributed by atoms with E-state index in [1.54, 1.807) is 12.1 Å². The molecule has 0 aliphatic heterocycles. The van der Waals surface area contributed by atoms with Crippen LogP contribution in [0.15, 0.2) is 18.2 Å². The van der Waals surface area contributed by atoms with Crippen molar-refractivity contribution in [3.63, 3.8) is 0 Å². The number of hydrogen-bond acceptors (Lipinski definition) is 2. The zero-order chi connectivity index (χ0) is 14.3. The molecule has 1 aromatic carbocycles. The van der Waals surface area contributed by atoms with Crippen molar-refractivity contribution in [2.75, 3.05) is 13.1 Å². The Labute approximate surface area is 124 Å². The molecule has 0 heterocycles. The highest BCUT2D eigenvalue weighted by Gasteiger charge is 2.05. The van der Waals surface area contributed by atoms with Crippen molar-refractivity contribution >= 4 is 29.1 Å². The third-order valence-corrected chi connectivity index (χ3v) is 3.54. The van der Waals surface area contributed by atoms with E-state index in [0.717, 1.165) is 12.0 Å². The number of benzene rings is 1. The molecule has 2 N–H and O–H groups in total. The number of nitrogens with one attached hydrogen (secondary N) is 2. The first kappa shape index (κ1) is 16.3. The predicted octanol–water partition coefficient (Wildman–Crippen LogP) is 3.04. The smallest absolute Gasteiger partial charge is 0.233 e. The lowest BCUT2D eigenvalue weighted by atomic mass is 10.1. The van der Waals surface area contributed by atoms with E-state index in [0.29, 0.717) is 35.6 Å². The van der Waals surface area contributed by atoms with E-state index in [1.807, 2.05) is 6.07 Å². The lowest BCUT2D eigenvalue weighted by Gasteiger charge is -2.11. The summed E-state index contributed by atoms with van der Waals surface area (Å²) in [6, 6.07) is 5.75. The van der Waals surface area contributed by atoms with Crippen molar-refractivity contribution in [3.8, 4) is 0 Å². The minimum Gasteiger partial charge on any atom is -0.355 e.